The van der Waals surface area contributed by atoms with Gasteiger partial charge in [-0.3, -0.25) is 5.21 Å². The van der Waals surface area contributed by atoms with Crippen LogP contribution in [-0.2, 0) is 0 Å². The Morgan fingerprint density at radius 1 is 1.67 bits per heavy atom. The van der Waals surface area contributed by atoms with Gasteiger partial charge in [-0.1, -0.05) is 11.6 Å². The van der Waals surface area contributed by atoms with Crippen LogP contribution in [0.15, 0.2) is 22.9 Å². The van der Waals surface area contributed by atoms with E-state index in [0.29, 0.717) is 9.50 Å². The van der Waals surface area contributed by atoms with E-state index in [9.17, 15) is 0 Å². The van der Waals surface area contributed by atoms with Gasteiger partial charge in [0.05, 0.1) is 5.02 Å². The van der Waals surface area contributed by atoms with Crippen molar-refractivity contribution >= 4 is 27.5 Å². The predicted octanol–water partition coefficient (Wildman–Crippen LogP) is 1.63. The first kappa shape index (κ1) is 6.83. The van der Waals surface area contributed by atoms with Crippen molar-refractivity contribution in [1.82, 2.24) is 0 Å². The minimum atomic E-state index is 0.584. The number of rotatable bonds is 0. The van der Waals surface area contributed by atoms with Gasteiger partial charge in [-0.2, -0.15) is 0 Å². The summed E-state index contributed by atoms with van der Waals surface area (Å²) in [7, 11) is 0. The highest BCUT2D eigenvalue weighted by Gasteiger charge is 2.01. The Bertz CT molecular complexity index is 228. The highest BCUT2D eigenvalue weighted by molar-refractivity contribution is 9.10. The van der Waals surface area contributed by atoms with Crippen LogP contribution in [0.4, 0.5) is 0 Å². The van der Waals surface area contributed by atoms with Crippen LogP contribution in [0.2, 0.25) is 5.02 Å². The van der Waals surface area contributed by atoms with Crippen LogP contribution in [-0.4, -0.2) is 5.21 Å². The number of pyridine rings is 1. The number of hydrogen-bond donors (Lipinski definition) is 1. The molecule has 0 bridgehead atoms. The van der Waals surface area contributed by atoms with E-state index in [1.165, 1.54) is 12.4 Å². The maximum absolute atomic E-state index is 8.77. The van der Waals surface area contributed by atoms with Crippen LogP contribution < -0.4 is 4.73 Å². The Morgan fingerprint density at radius 3 is 2.78 bits per heavy atom. The summed E-state index contributed by atoms with van der Waals surface area (Å²) in [6.07, 6.45) is 2.91. The minimum Gasteiger partial charge on any atom is -0.285 e. The molecule has 1 rings (SSSR count). The largest absolute Gasteiger partial charge is 0.285 e. The molecule has 9 heavy (non-hydrogen) atoms. The summed E-state index contributed by atoms with van der Waals surface area (Å²) in [5.41, 5.74) is 0. The zero-order valence-electron chi connectivity index (χ0n) is 4.38. The van der Waals surface area contributed by atoms with Crippen molar-refractivity contribution in [1.29, 1.82) is 0 Å². The third-order valence-corrected chi connectivity index (χ3v) is 2.04. The molecule has 0 saturated carbocycles. The van der Waals surface area contributed by atoms with Crippen molar-refractivity contribution < 1.29 is 9.94 Å². The predicted molar refractivity (Wildman–Crippen MR) is 36.5 cm³/mol. The number of halogens is 2. The van der Waals surface area contributed by atoms with Crippen molar-refractivity contribution in [3.63, 3.8) is 0 Å². The zero-order chi connectivity index (χ0) is 6.85. The Kier molecular flexibility index (Phi) is 1.93. The molecule has 0 aromatic carbocycles. The topological polar surface area (TPSA) is 24.1 Å². The second kappa shape index (κ2) is 2.54. The lowest BCUT2D eigenvalue weighted by atomic mass is 10.5. The molecule has 0 radical (unpaired) electrons. The maximum Gasteiger partial charge on any atom is 0.237 e. The van der Waals surface area contributed by atoms with E-state index in [0.717, 1.165) is 4.73 Å². The Balaban J connectivity index is 3.17. The molecule has 48 valence electrons. The number of aromatic nitrogens is 1. The Labute approximate surface area is 65.8 Å². The van der Waals surface area contributed by atoms with Crippen LogP contribution in [0.5, 0.6) is 0 Å². The van der Waals surface area contributed by atoms with Gasteiger partial charge in [0, 0.05) is 10.8 Å². The fourth-order valence-electron chi connectivity index (χ4n) is 0.442. The molecule has 2 nitrogen and oxygen atoms in total. The summed E-state index contributed by atoms with van der Waals surface area (Å²) in [6, 6.07) is 1.59. The van der Waals surface area contributed by atoms with Gasteiger partial charge in [0.25, 0.3) is 0 Å². The van der Waals surface area contributed by atoms with Crippen LogP contribution in [0.3, 0.4) is 0 Å². The second-order valence-electron chi connectivity index (χ2n) is 1.52. The van der Waals surface area contributed by atoms with Crippen molar-refractivity contribution in [3.05, 3.63) is 28.0 Å². The van der Waals surface area contributed by atoms with E-state index in [1.807, 2.05) is 0 Å². The van der Waals surface area contributed by atoms with Gasteiger partial charge in [-0.15, -0.1) is 0 Å². The minimum absolute atomic E-state index is 0.584. The average molecular weight is 209 g/mol. The van der Waals surface area contributed by atoms with Crippen molar-refractivity contribution in [2.75, 3.05) is 0 Å². The van der Waals surface area contributed by atoms with Crippen molar-refractivity contribution in [2.24, 2.45) is 0 Å². The lowest BCUT2D eigenvalue weighted by molar-refractivity contribution is -0.905. The zero-order valence-corrected chi connectivity index (χ0v) is 6.72. The maximum atomic E-state index is 8.77. The quantitative estimate of drug-likeness (QED) is 0.510. The smallest absolute Gasteiger partial charge is 0.237 e. The first-order valence-electron chi connectivity index (χ1n) is 2.26. The van der Waals surface area contributed by atoms with Crippen LogP contribution in [0.25, 0.3) is 0 Å². The molecule has 1 aromatic rings. The third-order valence-electron chi connectivity index (χ3n) is 0.847. The molecule has 0 amide bonds. The summed E-state index contributed by atoms with van der Waals surface area (Å²) in [5, 5.41) is 9.35. The van der Waals surface area contributed by atoms with Crippen molar-refractivity contribution in [2.45, 2.75) is 0 Å². The summed E-state index contributed by atoms with van der Waals surface area (Å²) in [5.74, 6) is 0. The molecule has 0 fully saturated rings. The molecule has 1 heterocycles. The normalized spacial score (nSPS) is 9.56. The van der Waals surface area contributed by atoms with Crippen LogP contribution in [0.1, 0.15) is 0 Å². The van der Waals surface area contributed by atoms with E-state index in [2.05, 4.69) is 15.9 Å². The summed E-state index contributed by atoms with van der Waals surface area (Å²) in [6.45, 7) is 0. The molecule has 0 aliphatic carbocycles. The molecular formula is C5H4BrClNO+. The van der Waals surface area contributed by atoms with Gasteiger partial charge in [-0.05, 0) is 15.9 Å². The fourth-order valence-corrected chi connectivity index (χ4v) is 0.889. The molecule has 4 heteroatoms. The van der Waals surface area contributed by atoms with E-state index < -0.39 is 0 Å². The van der Waals surface area contributed by atoms with Gasteiger partial charge in [0.15, 0.2) is 0 Å². The van der Waals surface area contributed by atoms with Gasteiger partial charge >= 0.3 is 0 Å². The standard InChI is InChI=1S/C5H4BrClNO/c6-4-3-8(9)2-1-5(4)7/h1-3,9H/q+1. The van der Waals surface area contributed by atoms with Gasteiger partial charge in [0.2, 0.25) is 12.4 Å². The molecule has 0 saturated heterocycles. The Morgan fingerprint density at radius 2 is 2.33 bits per heavy atom. The van der Waals surface area contributed by atoms with E-state index in [4.69, 9.17) is 16.8 Å². The van der Waals surface area contributed by atoms with Crippen molar-refractivity contribution in [3.8, 4) is 0 Å². The SMILES string of the molecule is O[n+]1ccc(Cl)c(Br)c1. The van der Waals surface area contributed by atoms with Gasteiger partial charge in [0.1, 0.15) is 4.47 Å². The van der Waals surface area contributed by atoms with Crippen LogP contribution >= 0.6 is 27.5 Å². The van der Waals surface area contributed by atoms with Crippen LogP contribution in [0, 0.1) is 0 Å². The number of nitrogens with zero attached hydrogens (tertiary/aromatic N) is 1. The number of hydrogen-bond acceptors (Lipinski definition) is 1. The molecule has 0 aliphatic heterocycles. The first-order chi connectivity index (χ1) is 4.20. The molecule has 0 atom stereocenters. The third kappa shape index (κ3) is 1.56. The lowest BCUT2D eigenvalue weighted by Gasteiger charge is -1.87. The molecule has 0 unspecified atom stereocenters. The summed E-state index contributed by atoms with van der Waals surface area (Å²) >= 11 is 8.74. The molecule has 1 aromatic heterocycles. The highest BCUT2D eigenvalue weighted by Crippen LogP contribution is 2.18. The summed E-state index contributed by atoms with van der Waals surface area (Å²) in [4.78, 5) is 0. The van der Waals surface area contributed by atoms with E-state index in [-0.39, 0.29) is 0 Å². The highest BCUT2D eigenvalue weighted by atomic mass is 79.9. The first-order valence-corrected chi connectivity index (χ1v) is 3.43. The molecule has 0 aliphatic rings. The van der Waals surface area contributed by atoms with Gasteiger partial charge in [-0.25, -0.2) is 0 Å². The van der Waals surface area contributed by atoms with E-state index >= 15 is 0 Å². The average Bonchev–Trinajstić information content (AvgIpc) is 1.80. The molecule has 0 spiro atoms. The monoisotopic (exact) mass is 208 g/mol. The molecular weight excluding hydrogens is 205 g/mol. The Hall–Kier alpha value is -0.280. The summed E-state index contributed by atoms with van der Waals surface area (Å²) < 4.78 is 1.60. The van der Waals surface area contributed by atoms with Gasteiger partial charge < -0.3 is 0 Å². The second-order valence-corrected chi connectivity index (χ2v) is 2.78. The lowest BCUT2D eigenvalue weighted by Crippen LogP contribution is -2.28. The molecule has 1 N–H and O–H groups in total. The van der Waals surface area contributed by atoms with E-state index in [1.54, 1.807) is 6.07 Å². The fraction of sp³-hybridized carbons (Fsp3) is 0.